The Morgan fingerprint density at radius 2 is 1.75 bits per heavy atom. The molecule has 0 unspecified atom stereocenters. The minimum absolute atomic E-state index is 0.00343. The molecule has 5 fully saturated rings. The maximum absolute atomic E-state index is 14.2. The van der Waals surface area contributed by atoms with Crippen LogP contribution in [0.2, 0.25) is 0 Å². The maximum Gasteiger partial charge on any atom is 0.329 e. The van der Waals surface area contributed by atoms with Gasteiger partial charge in [0, 0.05) is 31.0 Å². The summed E-state index contributed by atoms with van der Waals surface area (Å²) in [4.78, 5) is 40.2. The second kappa shape index (κ2) is 9.75. The predicted molar refractivity (Wildman–Crippen MR) is 128 cm³/mol. The summed E-state index contributed by atoms with van der Waals surface area (Å²) in [6.07, 6.45) is 7.23. The van der Waals surface area contributed by atoms with Gasteiger partial charge in [-0.2, -0.15) is 0 Å². The summed E-state index contributed by atoms with van der Waals surface area (Å²) >= 11 is 0. The van der Waals surface area contributed by atoms with Crippen molar-refractivity contribution in [1.29, 1.82) is 0 Å². The van der Waals surface area contributed by atoms with Gasteiger partial charge >= 0.3 is 5.97 Å². The number of halogens is 2. The molecule has 4 aliphatic carbocycles. The number of nitrogens with one attached hydrogen (secondary N) is 1. The van der Waals surface area contributed by atoms with Gasteiger partial charge in [-0.3, -0.25) is 9.59 Å². The second-order valence-corrected chi connectivity index (χ2v) is 11.9. The van der Waals surface area contributed by atoms with Gasteiger partial charge in [0.25, 0.3) is 0 Å². The third kappa shape index (κ3) is 5.00. The summed E-state index contributed by atoms with van der Waals surface area (Å²) in [5.74, 6) is -1.09. The van der Waals surface area contributed by atoms with E-state index < -0.39 is 23.7 Å². The van der Waals surface area contributed by atoms with Gasteiger partial charge in [-0.15, -0.1) is 0 Å². The molecular formula is C28H36F2N2O4. The SMILES string of the molecule is CC(C)[C@H](NC(=O)C[C@@H]1CCC(=O)N1Cc1cccc(F)c1F)C(=O)OC12CC3CC(CC(C3)C1)C2. The van der Waals surface area contributed by atoms with Crippen LogP contribution in [0.5, 0.6) is 0 Å². The first-order chi connectivity index (χ1) is 17.1. The van der Waals surface area contributed by atoms with Crippen LogP contribution in [0.4, 0.5) is 8.78 Å². The Morgan fingerprint density at radius 3 is 2.36 bits per heavy atom. The Labute approximate surface area is 211 Å². The third-order valence-corrected chi connectivity index (χ3v) is 8.78. The summed E-state index contributed by atoms with van der Waals surface area (Å²) in [6, 6.07) is 2.67. The molecule has 1 N–H and O–H groups in total. The molecule has 2 amide bonds. The number of carbonyl (C=O) groups excluding carboxylic acids is 3. The number of rotatable bonds is 8. The number of esters is 1. The Hall–Kier alpha value is -2.51. The second-order valence-electron chi connectivity index (χ2n) is 11.9. The molecule has 0 spiro atoms. The molecule has 6 rings (SSSR count). The highest BCUT2D eigenvalue weighted by atomic mass is 19.2. The molecule has 4 bridgehead atoms. The zero-order valence-electron chi connectivity index (χ0n) is 21.1. The number of hydrogen-bond donors (Lipinski definition) is 1. The van der Waals surface area contributed by atoms with Crippen molar-refractivity contribution in [2.75, 3.05) is 0 Å². The van der Waals surface area contributed by atoms with Crippen molar-refractivity contribution >= 4 is 17.8 Å². The van der Waals surface area contributed by atoms with E-state index in [2.05, 4.69) is 5.32 Å². The van der Waals surface area contributed by atoms with Gasteiger partial charge in [-0.1, -0.05) is 26.0 Å². The summed E-state index contributed by atoms with van der Waals surface area (Å²) in [6.45, 7) is 3.66. The molecule has 196 valence electrons. The standard InChI is InChI=1S/C28H36F2N2O4/c1-16(2)26(27(35)36-28-12-17-8-18(13-28)10-19(9-17)14-28)31-23(33)11-21-6-7-24(34)32(21)15-20-4-3-5-22(29)25(20)30/h3-5,16-19,21,26H,6-15H2,1-2H3,(H,31,33)/t17?,18?,19?,21-,26-,28?/m0/s1. The van der Waals surface area contributed by atoms with Crippen LogP contribution in [-0.2, 0) is 25.7 Å². The Kier molecular flexibility index (Phi) is 6.81. The number of hydrogen-bond acceptors (Lipinski definition) is 4. The number of amides is 2. The van der Waals surface area contributed by atoms with Crippen molar-refractivity contribution in [2.45, 2.75) is 95.9 Å². The van der Waals surface area contributed by atoms with Crippen LogP contribution >= 0.6 is 0 Å². The molecule has 1 saturated heterocycles. The highest BCUT2D eigenvalue weighted by Crippen LogP contribution is 2.57. The van der Waals surface area contributed by atoms with E-state index in [0.717, 1.165) is 25.3 Å². The smallest absolute Gasteiger partial charge is 0.329 e. The lowest BCUT2D eigenvalue weighted by molar-refractivity contribution is -0.190. The van der Waals surface area contributed by atoms with Gasteiger partial charge in [0.05, 0.1) is 0 Å². The first-order valence-corrected chi connectivity index (χ1v) is 13.4. The summed E-state index contributed by atoms with van der Waals surface area (Å²) in [5, 5.41) is 2.86. The van der Waals surface area contributed by atoms with Crippen LogP contribution in [0.15, 0.2) is 18.2 Å². The lowest BCUT2D eigenvalue weighted by Gasteiger charge is -2.55. The monoisotopic (exact) mass is 502 g/mol. The van der Waals surface area contributed by atoms with Crippen LogP contribution in [0.25, 0.3) is 0 Å². The first kappa shape index (κ1) is 25.2. The zero-order chi connectivity index (χ0) is 25.6. The minimum atomic E-state index is -0.979. The Morgan fingerprint density at radius 1 is 1.11 bits per heavy atom. The first-order valence-electron chi connectivity index (χ1n) is 13.4. The van der Waals surface area contributed by atoms with Gasteiger partial charge in [0.1, 0.15) is 11.6 Å². The van der Waals surface area contributed by atoms with Crippen molar-refractivity contribution in [3.05, 3.63) is 35.4 Å². The summed E-state index contributed by atoms with van der Waals surface area (Å²) in [5.41, 5.74) is -0.303. The number of carbonyl (C=O) groups is 3. The molecule has 1 aliphatic heterocycles. The average molecular weight is 503 g/mol. The van der Waals surface area contributed by atoms with Crippen molar-refractivity contribution in [3.63, 3.8) is 0 Å². The van der Waals surface area contributed by atoms with E-state index in [4.69, 9.17) is 4.74 Å². The van der Waals surface area contributed by atoms with Crippen molar-refractivity contribution in [3.8, 4) is 0 Å². The van der Waals surface area contributed by atoms with Gasteiger partial charge in [0.15, 0.2) is 11.6 Å². The zero-order valence-corrected chi connectivity index (χ0v) is 21.1. The number of nitrogens with zero attached hydrogens (tertiary/aromatic N) is 1. The lowest BCUT2D eigenvalue weighted by atomic mass is 9.54. The van der Waals surface area contributed by atoms with E-state index in [9.17, 15) is 23.2 Å². The number of ether oxygens (including phenoxy) is 1. The number of benzene rings is 1. The molecule has 1 heterocycles. The molecule has 36 heavy (non-hydrogen) atoms. The van der Waals surface area contributed by atoms with Gasteiger partial charge in [-0.05, 0) is 74.7 Å². The van der Waals surface area contributed by atoms with Gasteiger partial charge in [-0.25, -0.2) is 13.6 Å². The molecule has 1 aromatic rings. The van der Waals surface area contributed by atoms with Crippen molar-refractivity contribution < 1.29 is 27.9 Å². The molecule has 0 aromatic heterocycles. The lowest BCUT2D eigenvalue weighted by Crippen LogP contribution is -2.56. The predicted octanol–water partition coefficient (Wildman–Crippen LogP) is 4.50. The summed E-state index contributed by atoms with van der Waals surface area (Å²) in [7, 11) is 0. The van der Waals surface area contributed by atoms with Gasteiger partial charge in [0.2, 0.25) is 11.8 Å². The largest absolute Gasteiger partial charge is 0.458 e. The fraction of sp³-hybridized carbons (Fsp3) is 0.679. The normalized spacial score (nSPS) is 31.7. The van der Waals surface area contributed by atoms with Crippen LogP contribution in [0.1, 0.15) is 77.2 Å². The van der Waals surface area contributed by atoms with Crippen molar-refractivity contribution in [1.82, 2.24) is 10.2 Å². The molecular weight excluding hydrogens is 466 g/mol. The molecule has 0 radical (unpaired) electrons. The van der Waals surface area contributed by atoms with E-state index in [-0.39, 0.29) is 54.3 Å². The minimum Gasteiger partial charge on any atom is -0.458 e. The van der Waals surface area contributed by atoms with Gasteiger partial charge < -0.3 is 15.0 Å². The molecule has 5 aliphatic rings. The van der Waals surface area contributed by atoms with Crippen LogP contribution in [0.3, 0.4) is 0 Å². The van der Waals surface area contributed by atoms with Crippen LogP contribution in [-0.4, -0.2) is 40.4 Å². The van der Waals surface area contributed by atoms with E-state index in [0.29, 0.717) is 24.2 Å². The maximum atomic E-state index is 14.2. The van der Waals surface area contributed by atoms with Crippen LogP contribution < -0.4 is 5.32 Å². The highest BCUT2D eigenvalue weighted by molar-refractivity contribution is 5.86. The fourth-order valence-electron chi connectivity index (χ4n) is 7.45. The van der Waals surface area contributed by atoms with E-state index in [1.807, 2.05) is 13.8 Å². The topological polar surface area (TPSA) is 75.7 Å². The van der Waals surface area contributed by atoms with Crippen molar-refractivity contribution in [2.24, 2.45) is 23.7 Å². The Balaban J connectivity index is 1.21. The quantitative estimate of drug-likeness (QED) is 0.531. The van der Waals surface area contributed by atoms with Crippen LogP contribution in [0, 0.1) is 35.3 Å². The molecule has 1 aromatic carbocycles. The molecule has 6 nitrogen and oxygen atoms in total. The van der Waals surface area contributed by atoms with E-state index >= 15 is 0 Å². The summed E-state index contributed by atoms with van der Waals surface area (Å²) < 4.78 is 34.0. The molecule has 2 atom stereocenters. The fourth-order valence-corrected chi connectivity index (χ4v) is 7.45. The molecule has 8 heteroatoms. The van der Waals surface area contributed by atoms with E-state index in [1.165, 1.54) is 36.3 Å². The number of likely N-dealkylation sites (tertiary alicyclic amines) is 1. The molecule has 4 saturated carbocycles. The van der Waals surface area contributed by atoms with E-state index in [1.54, 1.807) is 0 Å². The third-order valence-electron chi connectivity index (χ3n) is 8.78. The Bertz CT molecular complexity index is 1010. The average Bonchev–Trinajstić information content (AvgIpc) is 3.12. The highest BCUT2D eigenvalue weighted by Gasteiger charge is 2.53.